The number of thiophene rings is 1. The molecule has 1 aliphatic carbocycles. The van der Waals surface area contributed by atoms with Crippen molar-refractivity contribution in [2.75, 3.05) is 13.1 Å². The van der Waals surface area contributed by atoms with Crippen molar-refractivity contribution in [1.29, 1.82) is 0 Å². The average molecular weight is 341 g/mol. The van der Waals surface area contributed by atoms with Gasteiger partial charge in [0.1, 0.15) is 0 Å². The summed E-state index contributed by atoms with van der Waals surface area (Å²) in [6.45, 7) is 3.63. The second kappa shape index (κ2) is 6.63. The Morgan fingerprint density at radius 1 is 1.21 bits per heavy atom. The molecule has 0 bridgehead atoms. The molecule has 5 heteroatoms. The second-order valence-electron chi connectivity index (χ2n) is 6.91. The molecule has 2 aromatic heterocycles. The van der Waals surface area contributed by atoms with Crippen LogP contribution in [0.3, 0.4) is 0 Å². The number of nitrogens with zero attached hydrogens (tertiary/aromatic N) is 3. The lowest BCUT2D eigenvalue weighted by atomic mass is 9.92. The molecule has 1 aliphatic heterocycles. The largest absolute Gasteiger partial charge is 0.339 e. The first kappa shape index (κ1) is 15.8. The number of carbonyl (C=O) groups excluding carboxylic acids is 1. The van der Waals surface area contributed by atoms with Crippen molar-refractivity contribution in [2.45, 2.75) is 51.4 Å². The molecular weight excluding hydrogens is 318 g/mol. The van der Waals surface area contributed by atoms with Crippen LogP contribution in [0.15, 0.2) is 17.8 Å². The van der Waals surface area contributed by atoms with Crippen LogP contribution in [0, 0.1) is 6.92 Å². The minimum atomic E-state index is 0.239. The summed E-state index contributed by atoms with van der Waals surface area (Å²) in [4.78, 5) is 25.3. The smallest absolute Gasteiger partial charge is 0.254 e. The highest BCUT2D eigenvalue weighted by atomic mass is 32.1. The van der Waals surface area contributed by atoms with E-state index in [1.807, 2.05) is 18.0 Å². The van der Waals surface area contributed by atoms with Gasteiger partial charge in [0, 0.05) is 41.7 Å². The number of amides is 1. The molecule has 1 saturated heterocycles. The minimum absolute atomic E-state index is 0.239. The minimum Gasteiger partial charge on any atom is -0.339 e. The topological polar surface area (TPSA) is 46.1 Å². The maximum Gasteiger partial charge on any atom is 0.254 e. The third kappa shape index (κ3) is 2.97. The van der Waals surface area contributed by atoms with Crippen molar-refractivity contribution in [1.82, 2.24) is 14.9 Å². The number of fused-ring (bicyclic) bond motifs is 1. The number of aryl methyl sites for hydroxylation is 2. The van der Waals surface area contributed by atoms with Gasteiger partial charge in [0.15, 0.2) is 0 Å². The number of aromatic nitrogens is 2. The maximum absolute atomic E-state index is 12.9. The molecular formula is C19H23N3OS. The van der Waals surface area contributed by atoms with Crippen molar-refractivity contribution in [2.24, 2.45) is 0 Å². The lowest BCUT2D eigenvalue weighted by Gasteiger charge is -2.32. The molecule has 0 unspecified atom stereocenters. The fourth-order valence-electron chi connectivity index (χ4n) is 3.90. The van der Waals surface area contributed by atoms with Gasteiger partial charge in [0.25, 0.3) is 5.91 Å². The maximum atomic E-state index is 12.9. The summed E-state index contributed by atoms with van der Waals surface area (Å²) in [5, 5.41) is 2.09. The Balaban J connectivity index is 1.44. The fourth-order valence-corrected chi connectivity index (χ4v) is 5.02. The van der Waals surface area contributed by atoms with E-state index in [1.165, 1.54) is 23.3 Å². The molecule has 24 heavy (non-hydrogen) atoms. The van der Waals surface area contributed by atoms with Crippen LogP contribution in [0.2, 0.25) is 0 Å². The standard InChI is InChI=1S/C19H23N3OS/c1-13-10-20-11-17(21-13)14-6-8-22(9-7-14)19(23)16-12-24-18-5-3-2-4-15(16)18/h10-12,14H,2-9H2,1H3. The fraction of sp³-hybridized carbons (Fsp3) is 0.526. The summed E-state index contributed by atoms with van der Waals surface area (Å²) < 4.78 is 0. The summed E-state index contributed by atoms with van der Waals surface area (Å²) in [6.07, 6.45) is 10.4. The van der Waals surface area contributed by atoms with E-state index in [2.05, 4.69) is 15.3 Å². The van der Waals surface area contributed by atoms with Crippen LogP contribution in [-0.2, 0) is 12.8 Å². The summed E-state index contributed by atoms with van der Waals surface area (Å²) in [5.74, 6) is 0.668. The highest BCUT2D eigenvalue weighted by molar-refractivity contribution is 7.10. The molecule has 0 N–H and O–H groups in total. The van der Waals surface area contributed by atoms with E-state index in [0.717, 1.165) is 55.7 Å². The van der Waals surface area contributed by atoms with Gasteiger partial charge in [-0.2, -0.15) is 0 Å². The van der Waals surface area contributed by atoms with Crippen LogP contribution in [-0.4, -0.2) is 33.9 Å². The molecule has 4 rings (SSSR count). The van der Waals surface area contributed by atoms with E-state index in [0.29, 0.717) is 5.92 Å². The monoisotopic (exact) mass is 341 g/mol. The van der Waals surface area contributed by atoms with E-state index in [1.54, 1.807) is 17.5 Å². The van der Waals surface area contributed by atoms with Gasteiger partial charge in [-0.05, 0) is 51.0 Å². The second-order valence-corrected chi connectivity index (χ2v) is 7.87. The van der Waals surface area contributed by atoms with Gasteiger partial charge >= 0.3 is 0 Å². The molecule has 2 aromatic rings. The predicted octanol–water partition coefficient (Wildman–Crippen LogP) is 3.75. The van der Waals surface area contributed by atoms with Gasteiger partial charge in [-0.25, -0.2) is 0 Å². The summed E-state index contributed by atoms with van der Waals surface area (Å²) in [6, 6.07) is 0. The molecule has 126 valence electrons. The SMILES string of the molecule is Cc1cncc(C2CCN(C(=O)c3csc4c3CCCC4)CC2)n1. The van der Waals surface area contributed by atoms with Gasteiger partial charge in [0.05, 0.1) is 17.0 Å². The first-order valence-corrected chi connectivity index (χ1v) is 9.77. The number of piperidine rings is 1. The summed E-state index contributed by atoms with van der Waals surface area (Å²) in [7, 11) is 0. The third-order valence-electron chi connectivity index (χ3n) is 5.27. The van der Waals surface area contributed by atoms with Crippen molar-refractivity contribution >= 4 is 17.2 Å². The quantitative estimate of drug-likeness (QED) is 0.836. The third-order valence-corrected chi connectivity index (χ3v) is 6.35. The first-order valence-electron chi connectivity index (χ1n) is 8.89. The van der Waals surface area contributed by atoms with Crippen molar-refractivity contribution in [3.63, 3.8) is 0 Å². The molecule has 4 nitrogen and oxygen atoms in total. The van der Waals surface area contributed by atoms with Crippen LogP contribution in [0.5, 0.6) is 0 Å². The average Bonchev–Trinajstić information content (AvgIpc) is 3.05. The van der Waals surface area contributed by atoms with Crippen molar-refractivity contribution < 1.29 is 4.79 Å². The van der Waals surface area contributed by atoms with Crippen LogP contribution in [0.25, 0.3) is 0 Å². The molecule has 0 spiro atoms. The molecule has 1 fully saturated rings. The van der Waals surface area contributed by atoms with E-state index < -0.39 is 0 Å². The number of hydrogen-bond donors (Lipinski definition) is 0. The van der Waals surface area contributed by atoms with Crippen LogP contribution < -0.4 is 0 Å². The molecule has 1 amide bonds. The van der Waals surface area contributed by atoms with Crippen molar-refractivity contribution in [3.8, 4) is 0 Å². The van der Waals surface area contributed by atoms with E-state index in [9.17, 15) is 4.79 Å². The van der Waals surface area contributed by atoms with Crippen molar-refractivity contribution in [3.05, 3.63) is 45.2 Å². The summed E-state index contributed by atoms with van der Waals surface area (Å²) >= 11 is 1.78. The Hall–Kier alpha value is -1.75. The molecule has 0 radical (unpaired) electrons. The van der Waals surface area contributed by atoms with E-state index in [-0.39, 0.29) is 5.91 Å². The Labute approximate surface area is 146 Å². The first-order chi connectivity index (χ1) is 11.7. The van der Waals surface area contributed by atoms with Crippen LogP contribution in [0.4, 0.5) is 0 Å². The molecule has 0 saturated carbocycles. The predicted molar refractivity (Wildman–Crippen MR) is 95.6 cm³/mol. The lowest BCUT2D eigenvalue weighted by Crippen LogP contribution is -2.38. The number of carbonyl (C=O) groups is 1. The Bertz CT molecular complexity index is 747. The zero-order chi connectivity index (χ0) is 16.5. The molecule has 0 aromatic carbocycles. The summed E-state index contributed by atoms with van der Waals surface area (Å²) in [5.41, 5.74) is 4.36. The van der Waals surface area contributed by atoms with Gasteiger partial charge < -0.3 is 4.90 Å². The number of likely N-dealkylation sites (tertiary alicyclic amines) is 1. The zero-order valence-electron chi connectivity index (χ0n) is 14.1. The highest BCUT2D eigenvalue weighted by Gasteiger charge is 2.28. The highest BCUT2D eigenvalue weighted by Crippen LogP contribution is 2.32. The molecule has 2 aliphatic rings. The Morgan fingerprint density at radius 3 is 2.79 bits per heavy atom. The van der Waals surface area contributed by atoms with E-state index >= 15 is 0 Å². The van der Waals surface area contributed by atoms with Crippen LogP contribution in [0.1, 0.15) is 63.8 Å². The molecule has 3 heterocycles. The van der Waals surface area contributed by atoms with Gasteiger partial charge in [-0.1, -0.05) is 0 Å². The number of rotatable bonds is 2. The lowest BCUT2D eigenvalue weighted by molar-refractivity contribution is 0.0711. The van der Waals surface area contributed by atoms with Crippen LogP contribution >= 0.6 is 11.3 Å². The Kier molecular flexibility index (Phi) is 4.35. The van der Waals surface area contributed by atoms with E-state index in [4.69, 9.17) is 0 Å². The normalized spacial score (nSPS) is 18.5. The van der Waals surface area contributed by atoms with Gasteiger partial charge in [-0.3, -0.25) is 14.8 Å². The number of hydrogen-bond acceptors (Lipinski definition) is 4. The molecule has 0 atom stereocenters. The zero-order valence-corrected chi connectivity index (χ0v) is 14.9. The van der Waals surface area contributed by atoms with Gasteiger partial charge in [-0.15, -0.1) is 11.3 Å². The Morgan fingerprint density at radius 2 is 2.00 bits per heavy atom. The van der Waals surface area contributed by atoms with Gasteiger partial charge in [0.2, 0.25) is 0 Å².